The average molecular weight is 316 g/mol. The lowest BCUT2D eigenvalue weighted by Crippen LogP contribution is -2.10. The Balaban J connectivity index is 2.76. The summed E-state index contributed by atoms with van der Waals surface area (Å²) in [6, 6.07) is 7.89. The lowest BCUT2D eigenvalue weighted by Gasteiger charge is -2.14. The molecule has 3 nitrogen and oxygen atoms in total. The van der Waals surface area contributed by atoms with Crippen LogP contribution in [0.15, 0.2) is 30.3 Å². The fraction of sp³-hybridized carbons (Fsp3) is 0.143. The number of rotatable bonds is 3. The minimum atomic E-state index is -1.71. The first kappa shape index (κ1) is 15.3. The molecule has 2 aromatic carbocycles. The van der Waals surface area contributed by atoms with Crippen LogP contribution in [-0.2, 0) is 0 Å². The van der Waals surface area contributed by atoms with Crippen LogP contribution in [0.3, 0.4) is 0 Å². The maximum Gasteiger partial charge on any atom is 0.315 e. The Kier molecular flexibility index (Phi) is 4.18. The van der Waals surface area contributed by atoms with Crippen LogP contribution in [0.5, 0.6) is 0 Å². The van der Waals surface area contributed by atoms with Crippen molar-refractivity contribution in [3.63, 3.8) is 0 Å². The van der Waals surface area contributed by atoms with Gasteiger partial charge in [-0.2, -0.15) is 4.39 Å². The molecule has 0 heterocycles. The van der Waals surface area contributed by atoms with Gasteiger partial charge in [-0.1, -0.05) is 30.3 Å². The predicted octanol–water partition coefficient (Wildman–Crippen LogP) is 4.65. The summed E-state index contributed by atoms with van der Waals surface area (Å²) >= 11 is 6.05. The van der Waals surface area contributed by atoms with Gasteiger partial charge in [0.2, 0.25) is 5.82 Å². The fourth-order valence-corrected chi connectivity index (χ4v) is 2.33. The van der Waals surface area contributed by atoms with Crippen molar-refractivity contribution in [3.05, 3.63) is 74.6 Å². The Bertz CT molecular complexity index is 707. The van der Waals surface area contributed by atoms with E-state index in [-0.39, 0.29) is 0 Å². The second kappa shape index (κ2) is 5.73. The summed E-state index contributed by atoms with van der Waals surface area (Å²) in [5.41, 5.74) is -2.26. The highest BCUT2D eigenvalue weighted by Crippen LogP contribution is 2.40. The summed E-state index contributed by atoms with van der Waals surface area (Å²) in [6.45, 7) is 0.996. The molecule has 0 N–H and O–H groups in total. The number of halogens is 4. The van der Waals surface area contributed by atoms with Gasteiger partial charge in [-0.05, 0) is 12.5 Å². The molecule has 1 unspecified atom stereocenters. The number of hydrogen-bond acceptors (Lipinski definition) is 2. The van der Waals surface area contributed by atoms with Crippen molar-refractivity contribution in [2.75, 3.05) is 0 Å². The van der Waals surface area contributed by atoms with E-state index < -0.39 is 44.6 Å². The quantitative estimate of drug-likeness (QED) is 0.358. The molecule has 0 aliphatic heterocycles. The van der Waals surface area contributed by atoms with Crippen LogP contribution >= 0.6 is 11.6 Å². The van der Waals surface area contributed by atoms with Crippen LogP contribution in [0.2, 0.25) is 0 Å². The molecule has 0 aliphatic carbocycles. The van der Waals surface area contributed by atoms with Gasteiger partial charge in [-0.25, -0.2) is 8.78 Å². The lowest BCUT2D eigenvalue weighted by molar-refractivity contribution is -0.388. The third-order valence-electron chi connectivity index (χ3n) is 3.08. The molecule has 0 aromatic heterocycles. The first-order chi connectivity index (χ1) is 9.86. The summed E-state index contributed by atoms with van der Waals surface area (Å²) in [7, 11) is 0. The number of benzene rings is 2. The van der Waals surface area contributed by atoms with E-state index in [1.807, 2.05) is 0 Å². The van der Waals surface area contributed by atoms with Crippen molar-refractivity contribution in [2.24, 2.45) is 0 Å². The van der Waals surface area contributed by atoms with Gasteiger partial charge in [0.15, 0.2) is 5.82 Å². The highest BCUT2D eigenvalue weighted by Gasteiger charge is 2.34. The van der Waals surface area contributed by atoms with Gasteiger partial charge in [0, 0.05) is 5.56 Å². The van der Waals surface area contributed by atoms with Crippen LogP contribution in [0.4, 0.5) is 18.9 Å². The van der Waals surface area contributed by atoms with E-state index in [0.717, 1.165) is 6.92 Å². The second-order valence-corrected chi connectivity index (χ2v) is 4.80. The number of nitro benzene ring substituents is 1. The smallest absolute Gasteiger partial charge is 0.258 e. The van der Waals surface area contributed by atoms with E-state index in [9.17, 15) is 23.3 Å². The Morgan fingerprint density at radius 1 is 1.10 bits per heavy atom. The van der Waals surface area contributed by atoms with Crippen molar-refractivity contribution >= 4 is 17.3 Å². The molecule has 7 heteroatoms. The zero-order chi connectivity index (χ0) is 15.7. The molecule has 0 amide bonds. The van der Waals surface area contributed by atoms with Crippen molar-refractivity contribution in [1.29, 1.82) is 0 Å². The minimum absolute atomic E-state index is 0.339. The summed E-state index contributed by atoms with van der Waals surface area (Å²) in [4.78, 5) is 9.80. The third kappa shape index (κ3) is 2.58. The van der Waals surface area contributed by atoms with Crippen molar-refractivity contribution in [2.45, 2.75) is 12.3 Å². The van der Waals surface area contributed by atoms with Gasteiger partial charge in [0.05, 0.1) is 15.9 Å². The maximum absolute atomic E-state index is 14.2. The van der Waals surface area contributed by atoms with Gasteiger partial charge in [0.25, 0.3) is 0 Å². The van der Waals surface area contributed by atoms with E-state index in [4.69, 9.17) is 11.6 Å². The van der Waals surface area contributed by atoms with Crippen molar-refractivity contribution < 1.29 is 18.1 Å². The molecule has 2 aromatic rings. The summed E-state index contributed by atoms with van der Waals surface area (Å²) in [5.74, 6) is -4.51. The van der Waals surface area contributed by atoms with Gasteiger partial charge in [-0.15, -0.1) is 11.6 Å². The van der Waals surface area contributed by atoms with Crippen molar-refractivity contribution in [3.8, 4) is 0 Å². The van der Waals surface area contributed by atoms with E-state index >= 15 is 0 Å². The lowest BCUT2D eigenvalue weighted by atomic mass is 9.99. The maximum atomic E-state index is 14.2. The largest absolute Gasteiger partial charge is 0.315 e. The first-order valence-corrected chi connectivity index (χ1v) is 6.30. The third-order valence-corrected chi connectivity index (χ3v) is 3.55. The average Bonchev–Trinajstić information content (AvgIpc) is 2.48. The number of nitro groups is 1. The molecule has 2 rings (SSSR count). The second-order valence-electron chi connectivity index (χ2n) is 4.36. The summed E-state index contributed by atoms with van der Waals surface area (Å²) in [6.07, 6.45) is 0. The Hall–Kier alpha value is -2.08. The molecule has 0 aliphatic rings. The van der Waals surface area contributed by atoms with E-state index in [2.05, 4.69) is 0 Å². The van der Waals surface area contributed by atoms with E-state index in [1.54, 1.807) is 18.2 Å². The molecule has 0 spiro atoms. The molecule has 0 saturated carbocycles. The number of nitrogens with zero attached hydrogens (tertiary/aromatic N) is 1. The summed E-state index contributed by atoms with van der Waals surface area (Å²) < 4.78 is 41.5. The van der Waals surface area contributed by atoms with Gasteiger partial charge in [-0.3, -0.25) is 10.1 Å². The number of hydrogen-bond donors (Lipinski definition) is 0. The highest BCUT2D eigenvalue weighted by molar-refractivity contribution is 6.23. The Labute approximate surface area is 123 Å². The Morgan fingerprint density at radius 2 is 1.67 bits per heavy atom. The van der Waals surface area contributed by atoms with Crippen LogP contribution in [-0.4, -0.2) is 4.92 Å². The van der Waals surface area contributed by atoms with Crippen LogP contribution in [0.1, 0.15) is 22.1 Å². The molecule has 0 fully saturated rings. The normalized spacial score (nSPS) is 12.2. The van der Waals surface area contributed by atoms with E-state index in [1.165, 1.54) is 12.1 Å². The zero-order valence-corrected chi connectivity index (χ0v) is 11.5. The Morgan fingerprint density at radius 3 is 2.19 bits per heavy atom. The topological polar surface area (TPSA) is 43.1 Å². The highest BCUT2D eigenvalue weighted by atomic mass is 35.5. The zero-order valence-electron chi connectivity index (χ0n) is 10.7. The van der Waals surface area contributed by atoms with Gasteiger partial charge in [0.1, 0.15) is 5.82 Å². The van der Waals surface area contributed by atoms with Crippen molar-refractivity contribution in [1.82, 2.24) is 0 Å². The molecular weight excluding hydrogens is 307 g/mol. The van der Waals surface area contributed by atoms with Crippen LogP contribution < -0.4 is 0 Å². The SMILES string of the molecule is Cc1c(F)c(F)c([N+](=O)[O-])c(C(Cl)c2ccccc2)c1F. The van der Waals surface area contributed by atoms with E-state index in [0.29, 0.717) is 5.56 Å². The van der Waals surface area contributed by atoms with Gasteiger partial charge >= 0.3 is 5.69 Å². The fourth-order valence-electron chi connectivity index (χ4n) is 1.99. The van der Waals surface area contributed by atoms with Crippen LogP contribution in [0, 0.1) is 34.5 Å². The molecule has 0 saturated heterocycles. The molecular formula is C14H9ClF3NO2. The van der Waals surface area contributed by atoms with Crippen LogP contribution in [0.25, 0.3) is 0 Å². The molecule has 0 radical (unpaired) electrons. The monoisotopic (exact) mass is 315 g/mol. The molecule has 1 atom stereocenters. The standard InChI is InChI=1S/C14H9ClF3NO2/c1-7-11(16)9(10(15)8-5-3-2-4-6-8)14(19(20)21)13(18)12(7)17/h2-6,10H,1H3. The first-order valence-electron chi connectivity index (χ1n) is 5.86. The molecule has 21 heavy (non-hydrogen) atoms. The summed E-state index contributed by atoms with van der Waals surface area (Å²) in [5, 5.41) is 9.66. The number of alkyl halides is 1. The molecule has 0 bridgehead atoms. The minimum Gasteiger partial charge on any atom is -0.258 e. The predicted molar refractivity (Wildman–Crippen MR) is 71.8 cm³/mol. The molecule has 110 valence electrons. The van der Waals surface area contributed by atoms with Gasteiger partial charge < -0.3 is 0 Å².